The van der Waals surface area contributed by atoms with Gasteiger partial charge in [0.2, 0.25) is 0 Å². The fraction of sp³-hybridized carbons (Fsp3) is 0.455. The van der Waals surface area contributed by atoms with Gasteiger partial charge in [-0.2, -0.15) is 0 Å². The Bertz CT molecular complexity index is 307. The van der Waals surface area contributed by atoms with E-state index < -0.39 is 0 Å². The first-order chi connectivity index (χ1) is 5.95. The van der Waals surface area contributed by atoms with E-state index >= 15 is 0 Å². The molecule has 1 aliphatic heterocycles. The fourth-order valence-corrected chi connectivity index (χ4v) is 2.55. The third-order valence-electron chi connectivity index (χ3n) is 3.15. The topological polar surface area (TPSA) is 12.0 Å². The molecule has 1 heterocycles. The number of rotatable bonds is 0. The summed E-state index contributed by atoms with van der Waals surface area (Å²) >= 11 is 0. The summed E-state index contributed by atoms with van der Waals surface area (Å²) < 4.78 is 0. The standard InChI is InChI=1S/C11H13N/c1-3-8-7-12-11-6-2-5-10(11)9(8)4-1/h1,3-4,11-12H,2,5-7H2. The molecule has 1 N–H and O–H groups in total. The molecule has 0 saturated heterocycles. The van der Waals surface area contributed by atoms with Gasteiger partial charge in [-0.25, -0.2) is 0 Å². The normalized spacial score (nSPS) is 32.0. The Hall–Kier alpha value is -0.820. The van der Waals surface area contributed by atoms with E-state index in [2.05, 4.69) is 23.5 Å². The zero-order valence-corrected chi connectivity index (χ0v) is 7.14. The number of nitrogens with one attached hydrogen (secondary N) is 1. The summed E-state index contributed by atoms with van der Waals surface area (Å²) in [6.45, 7) is 1.08. The maximum Gasteiger partial charge on any atom is 0.0291 e. The Morgan fingerprint density at radius 2 is 2.42 bits per heavy atom. The van der Waals surface area contributed by atoms with E-state index in [-0.39, 0.29) is 0 Å². The van der Waals surface area contributed by atoms with Crippen LogP contribution in [0.2, 0.25) is 0 Å². The molecular formula is C11H13N. The summed E-state index contributed by atoms with van der Waals surface area (Å²) in [7, 11) is 0. The lowest BCUT2D eigenvalue weighted by Crippen LogP contribution is -2.34. The van der Waals surface area contributed by atoms with E-state index in [1.807, 2.05) is 0 Å². The highest BCUT2D eigenvalue weighted by Crippen LogP contribution is 2.36. The smallest absolute Gasteiger partial charge is 0.0291 e. The lowest BCUT2D eigenvalue weighted by molar-refractivity contribution is 0.593. The Balaban J connectivity index is 2.12. The minimum atomic E-state index is 0.708. The van der Waals surface area contributed by atoms with Crippen LogP contribution in [0.1, 0.15) is 19.3 Å². The van der Waals surface area contributed by atoms with Gasteiger partial charge in [-0.1, -0.05) is 18.2 Å². The van der Waals surface area contributed by atoms with Crippen molar-refractivity contribution >= 4 is 0 Å². The molecule has 0 aromatic rings. The van der Waals surface area contributed by atoms with Gasteiger partial charge in [-0.3, -0.25) is 0 Å². The molecule has 1 fully saturated rings. The summed E-state index contributed by atoms with van der Waals surface area (Å²) in [6.07, 6.45) is 10.7. The second-order valence-corrected chi connectivity index (χ2v) is 3.82. The summed E-state index contributed by atoms with van der Waals surface area (Å²) in [5.74, 6) is 0. The average molecular weight is 159 g/mol. The van der Waals surface area contributed by atoms with Gasteiger partial charge < -0.3 is 5.32 Å². The second-order valence-electron chi connectivity index (χ2n) is 3.82. The molecule has 1 saturated carbocycles. The van der Waals surface area contributed by atoms with E-state index in [4.69, 9.17) is 0 Å². The molecule has 12 heavy (non-hydrogen) atoms. The molecule has 0 bridgehead atoms. The number of fused-ring (bicyclic) bond motifs is 2. The van der Waals surface area contributed by atoms with Crippen molar-refractivity contribution in [3.05, 3.63) is 34.9 Å². The molecule has 3 rings (SSSR count). The van der Waals surface area contributed by atoms with Gasteiger partial charge in [-0.05, 0) is 36.0 Å². The summed E-state index contributed by atoms with van der Waals surface area (Å²) in [5, 5.41) is 3.59. The predicted octanol–water partition coefficient (Wildman–Crippen LogP) is 1.93. The Labute approximate surface area is 72.9 Å². The van der Waals surface area contributed by atoms with E-state index in [0.29, 0.717) is 6.04 Å². The fourth-order valence-electron chi connectivity index (χ4n) is 2.55. The van der Waals surface area contributed by atoms with E-state index in [1.165, 1.54) is 24.8 Å². The number of hydrogen-bond acceptors (Lipinski definition) is 1. The Kier molecular flexibility index (Phi) is 1.30. The van der Waals surface area contributed by atoms with Crippen molar-refractivity contribution in [1.82, 2.24) is 5.32 Å². The third-order valence-corrected chi connectivity index (χ3v) is 3.15. The molecule has 0 radical (unpaired) electrons. The zero-order chi connectivity index (χ0) is 7.97. The molecule has 0 amide bonds. The van der Waals surface area contributed by atoms with Crippen molar-refractivity contribution in [2.75, 3.05) is 6.54 Å². The highest BCUT2D eigenvalue weighted by Gasteiger charge is 2.28. The van der Waals surface area contributed by atoms with E-state index in [1.54, 1.807) is 11.1 Å². The summed E-state index contributed by atoms with van der Waals surface area (Å²) in [6, 6.07) is 0.708. The highest BCUT2D eigenvalue weighted by atomic mass is 14.9. The Morgan fingerprint density at radius 3 is 3.42 bits per heavy atom. The van der Waals surface area contributed by atoms with Crippen LogP contribution in [0.4, 0.5) is 0 Å². The van der Waals surface area contributed by atoms with Crippen molar-refractivity contribution in [2.45, 2.75) is 25.3 Å². The van der Waals surface area contributed by atoms with Crippen LogP contribution in [0.25, 0.3) is 0 Å². The monoisotopic (exact) mass is 159 g/mol. The van der Waals surface area contributed by atoms with Gasteiger partial charge in [0.15, 0.2) is 0 Å². The maximum absolute atomic E-state index is 3.59. The van der Waals surface area contributed by atoms with Crippen LogP contribution >= 0.6 is 0 Å². The van der Waals surface area contributed by atoms with Gasteiger partial charge in [0.05, 0.1) is 0 Å². The van der Waals surface area contributed by atoms with E-state index in [9.17, 15) is 0 Å². The average Bonchev–Trinajstić information content (AvgIpc) is 2.71. The molecule has 0 aromatic carbocycles. The third kappa shape index (κ3) is 0.774. The van der Waals surface area contributed by atoms with Crippen LogP contribution in [-0.2, 0) is 0 Å². The minimum Gasteiger partial charge on any atom is -0.306 e. The predicted molar refractivity (Wildman–Crippen MR) is 49.9 cm³/mol. The molecule has 1 unspecified atom stereocenters. The molecule has 2 aliphatic carbocycles. The van der Waals surface area contributed by atoms with Crippen molar-refractivity contribution in [1.29, 1.82) is 0 Å². The van der Waals surface area contributed by atoms with Crippen molar-refractivity contribution in [3.63, 3.8) is 0 Å². The summed E-state index contributed by atoms with van der Waals surface area (Å²) in [5.41, 5.74) is 4.72. The van der Waals surface area contributed by atoms with Crippen molar-refractivity contribution in [2.24, 2.45) is 0 Å². The molecule has 1 heteroatoms. The molecule has 3 aliphatic rings. The van der Waals surface area contributed by atoms with Gasteiger partial charge in [0, 0.05) is 12.6 Å². The quantitative estimate of drug-likeness (QED) is 0.569. The first kappa shape index (κ1) is 6.67. The van der Waals surface area contributed by atoms with Crippen LogP contribution < -0.4 is 5.32 Å². The van der Waals surface area contributed by atoms with Gasteiger partial charge in [0.1, 0.15) is 0 Å². The molecule has 1 nitrogen and oxygen atoms in total. The maximum atomic E-state index is 3.59. The first-order valence-electron chi connectivity index (χ1n) is 4.79. The van der Waals surface area contributed by atoms with Crippen LogP contribution in [0.3, 0.4) is 0 Å². The molecule has 0 aromatic heterocycles. The van der Waals surface area contributed by atoms with Gasteiger partial charge >= 0.3 is 0 Å². The molecule has 62 valence electrons. The van der Waals surface area contributed by atoms with Crippen LogP contribution in [-0.4, -0.2) is 12.6 Å². The van der Waals surface area contributed by atoms with Crippen molar-refractivity contribution in [3.8, 4) is 0 Å². The lowest BCUT2D eigenvalue weighted by atomic mass is 9.95. The van der Waals surface area contributed by atoms with Crippen LogP contribution in [0.5, 0.6) is 0 Å². The van der Waals surface area contributed by atoms with Crippen LogP contribution in [0.15, 0.2) is 34.9 Å². The van der Waals surface area contributed by atoms with Crippen LogP contribution in [0, 0.1) is 0 Å². The van der Waals surface area contributed by atoms with E-state index in [0.717, 1.165) is 6.54 Å². The first-order valence-corrected chi connectivity index (χ1v) is 4.79. The van der Waals surface area contributed by atoms with Gasteiger partial charge in [-0.15, -0.1) is 0 Å². The van der Waals surface area contributed by atoms with Gasteiger partial charge in [0.25, 0.3) is 0 Å². The number of allylic oxidation sites excluding steroid dienone is 3. The SMILES string of the molecule is C1=CC2=C3CCCC3NCC2=C1. The van der Waals surface area contributed by atoms with Crippen molar-refractivity contribution < 1.29 is 0 Å². The number of hydrogen-bond donors (Lipinski definition) is 1. The highest BCUT2D eigenvalue weighted by molar-refractivity contribution is 5.55. The lowest BCUT2D eigenvalue weighted by Gasteiger charge is -2.24. The largest absolute Gasteiger partial charge is 0.306 e. The summed E-state index contributed by atoms with van der Waals surface area (Å²) in [4.78, 5) is 0. The molecular weight excluding hydrogens is 146 g/mol. The molecule has 0 spiro atoms. The molecule has 1 atom stereocenters. The Morgan fingerprint density at radius 1 is 1.42 bits per heavy atom. The minimum absolute atomic E-state index is 0.708. The zero-order valence-electron chi connectivity index (χ0n) is 7.14. The second kappa shape index (κ2) is 2.33.